The number of nitrogens with zero attached hydrogens (tertiary/aromatic N) is 3. The molecular formula is C26H25N5O2. The van der Waals surface area contributed by atoms with Crippen LogP contribution < -0.4 is 10.9 Å². The molecule has 4 aromatic rings. The number of benzene rings is 1. The number of pyridine rings is 3. The minimum absolute atomic E-state index is 0.149. The molecule has 7 nitrogen and oxygen atoms in total. The van der Waals surface area contributed by atoms with E-state index < -0.39 is 0 Å². The number of anilines is 2. The molecule has 1 fully saturated rings. The zero-order chi connectivity index (χ0) is 22.8. The molecule has 5 rings (SSSR count). The van der Waals surface area contributed by atoms with Gasteiger partial charge < -0.3 is 15.2 Å². The number of aromatic nitrogens is 3. The molecule has 0 unspecified atom stereocenters. The normalized spacial score (nSPS) is 14.4. The number of carbonyl (C=O) groups excluding carboxylic acids is 1. The maximum Gasteiger partial charge on any atom is 0.259 e. The lowest BCUT2D eigenvalue weighted by atomic mass is 9.89. The highest BCUT2D eigenvalue weighted by atomic mass is 16.2. The molecule has 3 aromatic heterocycles. The van der Waals surface area contributed by atoms with E-state index in [1.807, 2.05) is 41.3 Å². The van der Waals surface area contributed by atoms with Crippen LogP contribution in [-0.2, 0) is 4.79 Å². The molecular weight excluding hydrogens is 414 g/mol. The van der Waals surface area contributed by atoms with Gasteiger partial charge in [0.05, 0.1) is 11.1 Å². The smallest absolute Gasteiger partial charge is 0.259 e. The van der Waals surface area contributed by atoms with Crippen LogP contribution in [0.3, 0.4) is 0 Å². The van der Waals surface area contributed by atoms with E-state index in [4.69, 9.17) is 4.98 Å². The van der Waals surface area contributed by atoms with Crippen molar-refractivity contribution >= 4 is 28.2 Å². The number of nitrogens with one attached hydrogen (secondary N) is 2. The standard InChI is InChI=1S/C26H25N5O2/c1-17(32)31-13-9-19(10-14-31)18-4-6-22(7-5-18)29-25-24-20(8-12-28-26(24)33)15-23(30-25)21-3-2-11-27-16-21/h2-8,11-12,15-16,19H,9-10,13-14H2,1H3,(H,28,33)(H,29,30). The molecule has 0 bridgehead atoms. The minimum atomic E-state index is -0.186. The molecule has 1 aliphatic rings. The molecule has 1 amide bonds. The molecule has 0 radical (unpaired) electrons. The number of hydrogen-bond acceptors (Lipinski definition) is 5. The zero-order valence-corrected chi connectivity index (χ0v) is 18.4. The molecule has 1 saturated heterocycles. The molecule has 7 heteroatoms. The lowest BCUT2D eigenvalue weighted by molar-refractivity contribution is -0.129. The largest absolute Gasteiger partial charge is 0.343 e. The Kier molecular flexibility index (Phi) is 5.60. The summed E-state index contributed by atoms with van der Waals surface area (Å²) in [6.45, 7) is 3.24. The molecule has 2 N–H and O–H groups in total. The Bertz CT molecular complexity index is 1340. The van der Waals surface area contributed by atoms with Gasteiger partial charge in [0.1, 0.15) is 5.82 Å². The highest BCUT2D eigenvalue weighted by molar-refractivity contribution is 5.95. The Balaban J connectivity index is 1.43. The molecule has 0 spiro atoms. The second-order valence-corrected chi connectivity index (χ2v) is 8.40. The number of carbonyl (C=O) groups is 1. The molecule has 33 heavy (non-hydrogen) atoms. The molecule has 1 aromatic carbocycles. The third kappa shape index (κ3) is 4.35. The summed E-state index contributed by atoms with van der Waals surface area (Å²) in [7, 11) is 0. The van der Waals surface area contributed by atoms with Crippen LogP contribution in [0.2, 0.25) is 0 Å². The average Bonchev–Trinajstić information content (AvgIpc) is 2.85. The number of rotatable bonds is 4. The summed E-state index contributed by atoms with van der Waals surface area (Å²) < 4.78 is 0. The van der Waals surface area contributed by atoms with E-state index in [-0.39, 0.29) is 11.5 Å². The summed E-state index contributed by atoms with van der Waals surface area (Å²) in [5.41, 5.74) is 3.57. The molecule has 1 aliphatic heterocycles. The van der Waals surface area contributed by atoms with Crippen LogP contribution in [0.1, 0.15) is 31.2 Å². The Labute approximate surface area is 191 Å². The third-order valence-corrected chi connectivity index (χ3v) is 6.30. The van der Waals surface area contributed by atoms with Crippen molar-refractivity contribution in [2.75, 3.05) is 18.4 Å². The van der Waals surface area contributed by atoms with Crippen LogP contribution >= 0.6 is 0 Å². The summed E-state index contributed by atoms with van der Waals surface area (Å²) in [6.07, 6.45) is 7.08. The topological polar surface area (TPSA) is 91.0 Å². The Morgan fingerprint density at radius 3 is 2.61 bits per heavy atom. The summed E-state index contributed by atoms with van der Waals surface area (Å²) in [6, 6.07) is 15.9. The van der Waals surface area contributed by atoms with E-state index in [1.165, 1.54) is 5.56 Å². The molecule has 0 aliphatic carbocycles. The van der Waals surface area contributed by atoms with Gasteiger partial charge in [0.15, 0.2) is 0 Å². The summed E-state index contributed by atoms with van der Waals surface area (Å²) >= 11 is 0. The van der Waals surface area contributed by atoms with Gasteiger partial charge in [0.2, 0.25) is 5.91 Å². The van der Waals surface area contributed by atoms with Crippen LogP contribution in [0, 0.1) is 0 Å². The van der Waals surface area contributed by atoms with Crippen LogP contribution in [0.5, 0.6) is 0 Å². The molecule has 0 saturated carbocycles. The van der Waals surface area contributed by atoms with Crippen molar-refractivity contribution in [3.05, 3.63) is 83.0 Å². The summed E-state index contributed by atoms with van der Waals surface area (Å²) in [4.78, 5) is 37.8. The fraction of sp³-hybridized carbons (Fsp3) is 0.231. The maximum absolute atomic E-state index is 12.6. The van der Waals surface area contributed by atoms with E-state index in [9.17, 15) is 9.59 Å². The quantitative estimate of drug-likeness (QED) is 0.490. The van der Waals surface area contributed by atoms with Gasteiger partial charge in [-0.25, -0.2) is 4.98 Å². The second kappa shape index (κ2) is 8.86. The van der Waals surface area contributed by atoms with E-state index in [0.29, 0.717) is 17.1 Å². The van der Waals surface area contributed by atoms with Crippen LogP contribution in [0.4, 0.5) is 11.5 Å². The van der Waals surface area contributed by atoms with Crippen molar-refractivity contribution in [1.82, 2.24) is 19.9 Å². The van der Waals surface area contributed by atoms with Crippen LogP contribution in [0.15, 0.2) is 71.9 Å². The van der Waals surface area contributed by atoms with Gasteiger partial charge in [-0.05, 0) is 66.1 Å². The Morgan fingerprint density at radius 1 is 1.12 bits per heavy atom. The first-order valence-corrected chi connectivity index (χ1v) is 11.1. The molecule has 166 valence electrons. The fourth-order valence-electron chi connectivity index (χ4n) is 4.47. The number of hydrogen-bond donors (Lipinski definition) is 2. The first kappa shape index (κ1) is 20.9. The number of piperidine rings is 1. The molecule has 0 atom stereocenters. The highest BCUT2D eigenvalue weighted by Crippen LogP contribution is 2.31. The van der Waals surface area contributed by atoms with Gasteiger partial charge in [-0.1, -0.05) is 12.1 Å². The SMILES string of the molecule is CC(=O)N1CCC(c2ccc(Nc3nc(-c4cccnc4)cc4cc[nH]c(=O)c34)cc2)CC1. The fourth-order valence-corrected chi connectivity index (χ4v) is 4.47. The first-order valence-electron chi connectivity index (χ1n) is 11.1. The van der Waals surface area contributed by atoms with Crippen LogP contribution in [0.25, 0.3) is 22.0 Å². The number of fused-ring (bicyclic) bond motifs is 1. The van der Waals surface area contributed by atoms with Gasteiger partial charge in [-0.2, -0.15) is 0 Å². The highest BCUT2D eigenvalue weighted by Gasteiger charge is 2.22. The number of amides is 1. The number of aromatic amines is 1. The lowest BCUT2D eigenvalue weighted by Gasteiger charge is -2.31. The number of likely N-dealkylation sites (tertiary alicyclic amines) is 1. The summed E-state index contributed by atoms with van der Waals surface area (Å²) in [5.74, 6) is 1.11. The Morgan fingerprint density at radius 2 is 1.91 bits per heavy atom. The second-order valence-electron chi connectivity index (χ2n) is 8.40. The van der Waals surface area contributed by atoms with Crippen molar-refractivity contribution in [3.8, 4) is 11.3 Å². The maximum atomic E-state index is 12.6. The van der Waals surface area contributed by atoms with Crippen molar-refractivity contribution in [2.24, 2.45) is 0 Å². The zero-order valence-electron chi connectivity index (χ0n) is 18.4. The van der Waals surface area contributed by atoms with Crippen molar-refractivity contribution in [3.63, 3.8) is 0 Å². The minimum Gasteiger partial charge on any atom is -0.343 e. The van der Waals surface area contributed by atoms with Gasteiger partial charge in [0, 0.05) is 49.9 Å². The predicted molar refractivity (Wildman–Crippen MR) is 130 cm³/mol. The van der Waals surface area contributed by atoms with Gasteiger partial charge in [0.25, 0.3) is 5.56 Å². The van der Waals surface area contributed by atoms with E-state index in [2.05, 4.69) is 27.4 Å². The van der Waals surface area contributed by atoms with Crippen molar-refractivity contribution in [1.29, 1.82) is 0 Å². The van der Waals surface area contributed by atoms with E-state index in [1.54, 1.807) is 25.5 Å². The monoisotopic (exact) mass is 439 g/mol. The van der Waals surface area contributed by atoms with E-state index >= 15 is 0 Å². The first-order chi connectivity index (χ1) is 16.1. The van der Waals surface area contributed by atoms with Crippen molar-refractivity contribution in [2.45, 2.75) is 25.7 Å². The molecule has 4 heterocycles. The average molecular weight is 440 g/mol. The van der Waals surface area contributed by atoms with Gasteiger partial charge in [-0.3, -0.25) is 14.6 Å². The van der Waals surface area contributed by atoms with Gasteiger partial charge in [-0.15, -0.1) is 0 Å². The Hall–Kier alpha value is -4.00. The predicted octanol–water partition coefficient (Wildman–Crippen LogP) is 4.45. The lowest BCUT2D eigenvalue weighted by Crippen LogP contribution is -2.36. The van der Waals surface area contributed by atoms with E-state index in [0.717, 1.165) is 48.3 Å². The van der Waals surface area contributed by atoms with Crippen molar-refractivity contribution < 1.29 is 4.79 Å². The number of H-pyrrole nitrogens is 1. The van der Waals surface area contributed by atoms with Crippen LogP contribution in [-0.4, -0.2) is 38.8 Å². The summed E-state index contributed by atoms with van der Waals surface area (Å²) in [5, 5.41) is 4.67. The van der Waals surface area contributed by atoms with Gasteiger partial charge >= 0.3 is 0 Å². The third-order valence-electron chi connectivity index (χ3n) is 6.30.